The van der Waals surface area contributed by atoms with Crippen LogP contribution in [-0.4, -0.2) is 31.4 Å². The van der Waals surface area contributed by atoms with Crippen LogP contribution in [0.5, 0.6) is 0 Å². The van der Waals surface area contributed by atoms with Gasteiger partial charge in [-0.1, -0.05) is 19.3 Å². The molecular weight excluding hydrogens is 136 g/mol. The standard InChI is InChI=1S/C9H18N2/c1-11(2)8-10-9-6-4-3-5-7-9/h8-9H,3-7H2,1-2H3/b10-8+. The molecule has 11 heavy (non-hydrogen) atoms. The van der Waals surface area contributed by atoms with Crippen molar-refractivity contribution in [1.82, 2.24) is 4.90 Å². The van der Waals surface area contributed by atoms with E-state index in [4.69, 9.17) is 0 Å². The van der Waals surface area contributed by atoms with Gasteiger partial charge in [-0.05, 0) is 12.8 Å². The Balaban J connectivity index is 2.23. The van der Waals surface area contributed by atoms with Crippen molar-refractivity contribution >= 4 is 6.34 Å². The zero-order valence-corrected chi connectivity index (χ0v) is 7.58. The third-order valence-electron chi connectivity index (χ3n) is 2.08. The van der Waals surface area contributed by atoms with Crippen LogP contribution in [0.2, 0.25) is 0 Å². The summed E-state index contributed by atoms with van der Waals surface area (Å²) in [5, 5.41) is 0. The Morgan fingerprint density at radius 1 is 1.18 bits per heavy atom. The minimum absolute atomic E-state index is 0.617. The van der Waals surface area contributed by atoms with Crippen molar-refractivity contribution in [2.75, 3.05) is 14.1 Å². The van der Waals surface area contributed by atoms with Gasteiger partial charge in [0.25, 0.3) is 0 Å². The van der Waals surface area contributed by atoms with Crippen LogP contribution >= 0.6 is 0 Å². The van der Waals surface area contributed by atoms with Crippen molar-refractivity contribution in [3.63, 3.8) is 0 Å². The number of rotatable bonds is 2. The van der Waals surface area contributed by atoms with E-state index in [-0.39, 0.29) is 0 Å². The van der Waals surface area contributed by atoms with Crippen LogP contribution in [0.3, 0.4) is 0 Å². The molecule has 1 aliphatic rings. The molecule has 0 N–H and O–H groups in total. The van der Waals surface area contributed by atoms with Crippen LogP contribution in [0.15, 0.2) is 4.99 Å². The van der Waals surface area contributed by atoms with Gasteiger partial charge in [0.05, 0.1) is 12.4 Å². The van der Waals surface area contributed by atoms with Crippen LogP contribution in [0.25, 0.3) is 0 Å². The third kappa shape index (κ3) is 3.40. The molecule has 0 bridgehead atoms. The van der Waals surface area contributed by atoms with Crippen LogP contribution in [-0.2, 0) is 0 Å². The molecule has 1 rings (SSSR count). The Morgan fingerprint density at radius 2 is 1.82 bits per heavy atom. The van der Waals surface area contributed by atoms with Crippen LogP contribution in [0.1, 0.15) is 32.1 Å². The molecule has 0 aromatic heterocycles. The minimum atomic E-state index is 0.617. The Morgan fingerprint density at radius 3 is 2.36 bits per heavy atom. The lowest BCUT2D eigenvalue weighted by Crippen LogP contribution is -2.14. The van der Waals surface area contributed by atoms with E-state index in [0.717, 1.165) is 0 Å². The molecule has 1 saturated carbocycles. The van der Waals surface area contributed by atoms with E-state index >= 15 is 0 Å². The number of aliphatic imine (C=N–C) groups is 1. The molecule has 0 amide bonds. The van der Waals surface area contributed by atoms with Crippen molar-refractivity contribution in [3.05, 3.63) is 0 Å². The Kier molecular flexibility index (Phi) is 3.40. The largest absolute Gasteiger partial charge is 0.369 e. The first-order valence-corrected chi connectivity index (χ1v) is 4.49. The molecule has 0 heterocycles. The lowest BCUT2D eigenvalue weighted by molar-refractivity contribution is 0.440. The van der Waals surface area contributed by atoms with E-state index in [1.54, 1.807) is 0 Å². The second-order valence-corrected chi connectivity index (χ2v) is 3.52. The van der Waals surface area contributed by atoms with Gasteiger partial charge in [0.15, 0.2) is 0 Å². The van der Waals surface area contributed by atoms with Gasteiger partial charge in [0, 0.05) is 14.1 Å². The third-order valence-corrected chi connectivity index (χ3v) is 2.08. The lowest BCUT2D eigenvalue weighted by Gasteiger charge is -2.17. The van der Waals surface area contributed by atoms with E-state index in [1.165, 1.54) is 32.1 Å². The molecular formula is C9H18N2. The van der Waals surface area contributed by atoms with E-state index in [2.05, 4.69) is 4.99 Å². The fourth-order valence-electron chi connectivity index (χ4n) is 1.46. The molecule has 0 aromatic rings. The highest BCUT2D eigenvalue weighted by molar-refractivity contribution is 5.54. The quantitative estimate of drug-likeness (QED) is 0.438. The predicted molar refractivity (Wildman–Crippen MR) is 49.1 cm³/mol. The second kappa shape index (κ2) is 4.37. The summed E-state index contributed by atoms with van der Waals surface area (Å²) in [6.07, 6.45) is 8.68. The highest BCUT2D eigenvalue weighted by Gasteiger charge is 2.10. The lowest BCUT2D eigenvalue weighted by atomic mass is 9.96. The number of hydrogen-bond acceptors (Lipinski definition) is 1. The van der Waals surface area contributed by atoms with Gasteiger partial charge in [0.1, 0.15) is 0 Å². The summed E-state index contributed by atoms with van der Waals surface area (Å²) >= 11 is 0. The summed E-state index contributed by atoms with van der Waals surface area (Å²) in [7, 11) is 4.04. The van der Waals surface area contributed by atoms with E-state index in [1.807, 2.05) is 25.3 Å². The highest BCUT2D eigenvalue weighted by Crippen LogP contribution is 2.19. The van der Waals surface area contributed by atoms with Crippen LogP contribution < -0.4 is 0 Å². The van der Waals surface area contributed by atoms with Crippen molar-refractivity contribution in [1.29, 1.82) is 0 Å². The van der Waals surface area contributed by atoms with Gasteiger partial charge < -0.3 is 4.90 Å². The molecule has 1 aliphatic carbocycles. The monoisotopic (exact) mass is 154 g/mol. The smallest absolute Gasteiger partial charge is 0.0848 e. The zero-order valence-electron chi connectivity index (χ0n) is 7.58. The van der Waals surface area contributed by atoms with Gasteiger partial charge in [-0.25, -0.2) is 0 Å². The maximum atomic E-state index is 4.48. The molecule has 1 fully saturated rings. The normalized spacial score (nSPS) is 20.9. The minimum Gasteiger partial charge on any atom is -0.369 e. The first-order valence-electron chi connectivity index (χ1n) is 4.49. The molecule has 0 saturated heterocycles. The molecule has 2 heteroatoms. The zero-order chi connectivity index (χ0) is 8.10. The van der Waals surface area contributed by atoms with Crippen molar-refractivity contribution in [3.8, 4) is 0 Å². The molecule has 0 spiro atoms. The average molecular weight is 154 g/mol. The van der Waals surface area contributed by atoms with Gasteiger partial charge in [0.2, 0.25) is 0 Å². The Bertz CT molecular complexity index is 124. The van der Waals surface area contributed by atoms with Gasteiger partial charge in [-0.3, -0.25) is 4.99 Å². The molecule has 64 valence electrons. The summed E-state index contributed by atoms with van der Waals surface area (Å²) in [6, 6.07) is 0.617. The summed E-state index contributed by atoms with van der Waals surface area (Å²) in [4.78, 5) is 6.49. The van der Waals surface area contributed by atoms with Crippen molar-refractivity contribution < 1.29 is 0 Å². The molecule has 0 aromatic carbocycles. The Hall–Kier alpha value is -0.530. The molecule has 0 radical (unpaired) electrons. The fourth-order valence-corrected chi connectivity index (χ4v) is 1.46. The molecule has 0 aliphatic heterocycles. The van der Waals surface area contributed by atoms with Crippen molar-refractivity contribution in [2.24, 2.45) is 4.99 Å². The second-order valence-electron chi connectivity index (χ2n) is 3.52. The highest BCUT2D eigenvalue weighted by atomic mass is 15.1. The van der Waals surface area contributed by atoms with E-state index < -0.39 is 0 Å². The first-order chi connectivity index (χ1) is 5.29. The summed E-state index contributed by atoms with van der Waals surface area (Å²) in [6.45, 7) is 0. The van der Waals surface area contributed by atoms with Gasteiger partial charge in [-0.2, -0.15) is 0 Å². The van der Waals surface area contributed by atoms with Crippen molar-refractivity contribution in [2.45, 2.75) is 38.1 Å². The number of nitrogens with zero attached hydrogens (tertiary/aromatic N) is 2. The molecule has 2 nitrogen and oxygen atoms in total. The van der Waals surface area contributed by atoms with Gasteiger partial charge in [-0.15, -0.1) is 0 Å². The van der Waals surface area contributed by atoms with Crippen LogP contribution in [0.4, 0.5) is 0 Å². The molecule has 0 unspecified atom stereocenters. The number of hydrogen-bond donors (Lipinski definition) is 0. The van der Waals surface area contributed by atoms with Gasteiger partial charge >= 0.3 is 0 Å². The van der Waals surface area contributed by atoms with E-state index in [0.29, 0.717) is 6.04 Å². The summed E-state index contributed by atoms with van der Waals surface area (Å²) in [5.41, 5.74) is 0. The summed E-state index contributed by atoms with van der Waals surface area (Å²) < 4.78 is 0. The SMILES string of the molecule is CN(C)/C=N/C1CCCCC1. The maximum absolute atomic E-state index is 4.48. The van der Waals surface area contributed by atoms with Crippen LogP contribution in [0, 0.1) is 0 Å². The first kappa shape index (κ1) is 8.57. The predicted octanol–water partition coefficient (Wildman–Crippen LogP) is 1.91. The Labute approximate surface area is 69.3 Å². The average Bonchev–Trinajstić information content (AvgIpc) is 2.03. The summed E-state index contributed by atoms with van der Waals surface area (Å²) in [5.74, 6) is 0. The molecule has 0 atom stereocenters. The fraction of sp³-hybridized carbons (Fsp3) is 0.889. The maximum Gasteiger partial charge on any atom is 0.0848 e. The topological polar surface area (TPSA) is 15.6 Å². The van der Waals surface area contributed by atoms with E-state index in [9.17, 15) is 0 Å².